The molecule has 0 aromatic carbocycles. The molecule has 0 radical (unpaired) electrons. The maximum absolute atomic E-state index is 11.6. The average Bonchev–Trinajstić information content (AvgIpc) is 2.29. The highest BCUT2D eigenvalue weighted by Crippen LogP contribution is 2.20. The van der Waals surface area contributed by atoms with Crippen LogP contribution in [0.2, 0.25) is 0 Å². The molecule has 1 aromatic rings. The summed E-state index contributed by atoms with van der Waals surface area (Å²) in [5.74, 6) is 0.297. The van der Waals surface area contributed by atoms with Crippen molar-refractivity contribution in [2.24, 2.45) is 0 Å². The Labute approximate surface area is 103 Å². The van der Waals surface area contributed by atoms with E-state index in [0.29, 0.717) is 5.78 Å². The number of nitrogens with zero attached hydrogens (tertiary/aromatic N) is 2. The first-order valence-corrected chi connectivity index (χ1v) is 6.32. The fourth-order valence-corrected chi connectivity index (χ4v) is 2.58. The summed E-state index contributed by atoms with van der Waals surface area (Å²) in [7, 11) is 0. The molecule has 0 saturated carbocycles. The Morgan fingerprint density at radius 1 is 1.47 bits per heavy atom. The fourth-order valence-electron chi connectivity index (χ4n) is 2.58. The SMILES string of the molecule is CC(=O)C1CCCCN1Cc1cncc(C)c1. The van der Waals surface area contributed by atoms with Crippen LogP contribution in [-0.4, -0.2) is 28.3 Å². The van der Waals surface area contributed by atoms with E-state index in [0.717, 1.165) is 19.5 Å². The molecule has 1 aliphatic heterocycles. The second-order valence-electron chi connectivity index (χ2n) is 4.96. The molecule has 3 nitrogen and oxygen atoms in total. The number of ketones is 1. The van der Waals surface area contributed by atoms with Gasteiger partial charge >= 0.3 is 0 Å². The minimum absolute atomic E-state index is 0.115. The summed E-state index contributed by atoms with van der Waals surface area (Å²) in [5, 5.41) is 0. The van der Waals surface area contributed by atoms with Gasteiger partial charge in [0, 0.05) is 18.9 Å². The quantitative estimate of drug-likeness (QED) is 0.802. The third-order valence-corrected chi connectivity index (χ3v) is 3.40. The highest BCUT2D eigenvalue weighted by atomic mass is 16.1. The lowest BCUT2D eigenvalue weighted by atomic mass is 9.98. The minimum Gasteiger partial charge on any atom is -0.298 e. The zero-order valence-electron chi connectivity index (χ0n) is 10.6. The summed E-state index contributed by atoms with van der Waals surface area (Å²) >= 11 is 0. The van der Waals surface area contributed by atoms with Gasteiger partial charge in [0.15, 0.2) is 0 Å². The highest BCUT2D eigenvalue weighted by molar-refractivity contribution is 5.81. The molecular weight excluding hydrogens is 212 g/mol. The number of hydrogen-bond acceptors (Lipinski definition) is 3. The number of likely N-dealkylation sites (tertiary alicyclic amines) is 1. The van der Waals surface area contributed by atoms with E-state index in [9.17, 15) is 4.79 Å². The lowest BCUT2D eigenvalue weighted by molar-refractivity contribution is -0.123. The van der Waals surface area contributed by atoms with Gasteiger partial charge in [-0.15, -0.1) is 0 Å². The molecule has 0 spiro atoms. The van der Waals surface area contributed by atoms with E-state index in [4.69, 9.17) is 0 Å². The number of carbonyl (C=O) groups excluding carboxylic acids is 1. The predicted molar refractivity (Wildman–Crippen MR) is 67.7 cm³/mol. The minimum atomic E-state index is 0.115. The van der Waals surface area contributed by atoms with E-state index in [1.807, 2.05) is 12.4 Å². The van der Waals surface area contributed by atoms with E-state index in [2.05, 4.69) is 22.9 Å². The van der Waals surface area contributed by atoms with Gasteiger partial charge in [-0.1, -0.05) is 12.5 Å². The molecule has 17 heavy (non-hydrogen) atoms. The standard InChI is InChI=1S/C14H20N2O/c1-11-7-13(9-15-8-11)10-16-6-4-3-5-14(16)12(2)17/h7-9,14H,3-6,10H2,1-2H3. The Morgan fingerprint density at radius 2 is 2.29 bits per heavy atom. The molecule has 1 saturated heterocycles. The largest absolute Gasteiger partial charge is 0.298 e. The number of piperidine rings is 1. The van der Waals surface area contributed by atoms with Crippen molar-refractivity contribution in [1.29, 1.82) is 0 Å². The summed E-state index contributed by atoms with van der Waals surface area (Å²) in [6, 6.07) is 2.27. The average molecular weight is 232 g/mol. The molecule has 1 aliphatic rings. The van der Waals surface area contributed by atoms with Crippen molar-refractivity contribution in [2.75, 3.05) is 6.54 Å². The summed E-state index contributed by atoms with van der Waals surface area (Å²) < 4.78 is 0. The number of aryl methyl sites for hydroxylation is 1. The lowest BCUT2D eigenvalue weighted by Gasteiger charge is -2.34. The number of rotatable bonds is 3. The highest BCUT2D eigenvalue weighted by Gasteiger charge is 2.25. The van der Waals surface area contributed by atoms with Crippen molar-refractivity contribution in [3.8, 4) is 0 Å². The molecule has 2 rings (SSSR count). The normalized spacial score (nSPS) is 21.4. The molecule has 92 valence electrons. The van der Waals surface area contributed by atoms with Gasteiger partial charge in [-0.2, -0.15) is 0 Å². The van der Waals surface area contributed by atoms with Gasteiger partial charge in [-0.25, -0.2) is 0 Å². The summed E-state index contributed by atoms with van der Waals surface area (Å²) in [4.78, 5) is 18.1. The van der Waals surface area contributed by atoms with Gasteiger partial charge in [0.25, 0.3) is 0 Å². The van der Waals surface area contributed by atoms with Crippen LogP contribution in [0.1, 0.15) is 37.3 Å². The van der Waals surface area contributed by atoms with Crippen molar-refractivity contribution in [3.63, 3.8) is 0 Å². The van der Waals surface area contributed by atoms with Gasteiger partial charge in [0.1, 0.15) is 5.78 Å². The van der Waals surface area contributed by atoms with Crippen LogP contribution in [0.5, 0.6) is 0 Å². The van der Waals surface area contributed by atoms with E-state index in [1.54, 1.807) is 6.92 Å². The predicted octanol–water partition coefficient (Wildman–Crippen LogP) is 2.33. The van der Waals surface area contributed by atoms with Crippen molar-refractivity contribution in [1.82, 2.24) is 9.88 Å². The number of pyridine rings is 1. The maximum Gasteiger partial charge on any atom is 0.146 e. The lowest BCUT2D eigenvalue weighted by Crippen LogP contribution is -2.43. The van der Waals surface area contributed by atoms with Crippen LogP contribution in [0, 0.1) is 6.92 Å². The second kappa shape index (κ2) is 5.41. The first-order chi connectivity index (χ1) is 8.16. The molecular formula is C14H20N2O. The van der Waals surface area contributed by atoms with E-state index < -0.39 is 0 Å². The van der Waals surface area contributed by atoms with Crippen LogP contribution in [-0.2, 0) is 11.3 Å². The molecule has 0 aliphatic carbocycles. The Kier molecular flexibility index (Phi) is 3.89. The third-order valence-electron chi connectivity index (χ3n) is 3.40. The molecule has 1 aromatic heterocycles. The summed E-state index contributed by atoms with van der Waals surface area (Å²) in [6.07, 6.45) is 7.14. The third kappa shape index (κ3) is 3.13. The van der Waals surface area contributed by atoms with Crippen LogP contribution in [0.15, 0.2) is 18.5 Å². The van der Waals surface area contributed by atoms with Crippen molar-refractivity contribution < 1.29 is 4.79 Å². The maximum atomic E-state index is 11.6. The summed E-state index contributed by atoms with van der Waals surface area (Å²) in [6.45, 7) is 5.63. The first-order valence-electron chi connectivity index (χ1n) is 6.32. The molecule has 0 bridgehead atoms. The topological polar surface area (TPSA) is 33.2 Å². The Morgan fingerprint density at radius 3 is 3.00 bits per heavy atom. The van der Waals surface area contributed by atoms with Crippen LogP contribution < -0.4 is 0 Å². The van der Waals surface area contributed by atoms with Gasteiger partial charge in [-0.05, 0) is 44.4 Å². The molecule has 1 fully saturated rings. The smallest absolute Gasteiger partial charge is 0.146 e. The monoisotopic (exact) mass is 232 g/mol. The van der Waals surface area contributed by atoms with Gasteiger partial charge in [0.2, 0.25) is 0 Å². The summed E-state index contributed by atoms with van der Waals surface area (Å²) in [5.41, 5.74) is 2.39. The number of hydrogen-bond donors (Lipinski definition) is 0. The zero-order chi connectivity index (χ0) is 12.3. The van der Waals surface area contributed by atoms with Crippen molar-refractivity contribution in [2.45, 2.75) is 45.7 Å². The number of carbonyl (C=O) groups is 1. The number of Topliss-reactive ketones (excluding diaryl/α,β-unsaturated/α-hetero) is 1. The van der Waals surface area contributed by atoms with E-state index in [-0.39, 0.29) is 6.04 Å². The zero-order valence-corrected chi connectivity index (χ0v) is 10.6. The van der Waals surface area contributed by atoms with Gasteiger partial charge in [0.05, 0.1) is 6.04 Å². The van der Waals surface area contributed by atoms with E-state index in [1.165, 1.54) is 24.0 Å². The van der Waals surface area contributed by atoms with Crippen molar-refractivity contribution in [3.05, 3.63) is 29.6 Å². The van der Waals surface area contributed by atoms with E-state index >= 15 is 0 Å². The molecule has 0 amide bonds. The fraction of sp³-hybridized carbons (Fsp3) is 0.571. The van der Waals surface area contributed by atoms with Crippen LogP contribution in [0.3, 0.4) is 0 Å². The Hall–Kier alpha value is -1.22. The Balaban J connectivity index is 2.08. The molecule has 1 atom stereocenters. The number of aromatic nitrogens is 1. The Bertz CT molecular complexity index is 403. The van der Waals surface area contributed by atoms with Crippen molar-refractivity contribution >= 4 is 5.78 Å². The molecule has 0 N–H and O–H groups in total. The van der Waals surface area contributed by atoms with Crippen LogP contribution >= 0.6 is 0 Å². The van der Waals surface area contributed by atoms with Crippen LogP contribution in [0.4, 0.5) is 0 Å². The first kappa shape index (κ1) is 12.2. The van der Waals surface area contributed by atoms with Gasteiger partial charge in [-0.3, -0.25) is 14.7 Å². The molecule has 2 heterocycles. The second-order valence-corrected chi connectivity index (χ2v) is 4.96. The van der Waals surface area contributed by atoms with Gasteiger partial charge < -0.3 is 0 Å². The molecule has 3 heteroatoms. The van der Waals surface area contributed by atoms with Crippen LogP contribution in [0.25, 0.3) is 0 Å². The molecule has 1 unspecified atom stereocenters.